The summed E-state index contributed by atoms with van der Waals surface area (Å²) in [6.07, 6.45) is 10.8. The van der Waals surface area contributed by atoms with Crippen LogP contribution in [0.25, 0.3) is 6.08 Å². The van der Waals surface area contributed by atoms with Crippen LogP contribution in [0.2, 0.25) is 0 Å². The van der Waals surface area contributed by atoms with Crippen molar-refractivity contribution >= 4 is 20.8 Å². The van der Waals surface area contributed by atoms with E-state index >= 15 is 0 Å². The van der Waals surface area contributed by atoms with Crippen molar-refractivity contribution in [2.75, 3.05) is 0 Å². The molecule has 1 aliphatic rings. The molecule has 0 atom stereocenters. The molecule has 0 saturated carbocycles. The fourth-order valence-electron chi connectivity index (χ4n) is 1.44. The molecule has 0 unspecified atom stereocenters. The second-order valence-corrected chi connectivity index (χ2v) is 4.84. The van der Waals surface area contributed by atoms with Crippen molar-refractivity contribution in [1.29, 1.82) is 0 Å². The van der Waals surface area contributed by atoms with Crippen molar-refractivity contribution in [2.24, 2.45) is 0 Å². The Bertz CT molecular complexity index is 278. The van der Waals surface area contributed by atoms with Gasteiger partial charge >= 0.3 is 78.3 Å². The summed E-state index contributed by atoms with van der Waals surface area (Å²) >= 11 is 0.323. The minimum atomic E-state index is 0.323. The fraction of sp³-hybridized carbons (Fsp3) is 0.556. The molecule has 0 radical (unpaired) electrons. The first-order valence-corrected chi connectivity index (χ1v) is 6.07. The number of hydrogen-bond donors (Lipinski definition) is 0. The van der Waals surface area contributed by atoms with Crippen molar-refractivity contribution in [3.05, 3.63) is 16.2 Å². The molecular formula is C9H12N2Se. The molecule has 1 aliphatic carbocycles. The Hall–Kier alpha value is -0.401. The minimum absolute atomic E-state index is 0.323. The number of aromatic nitrogens is 2. The van der Waals surface area contributed by atoms with Crippen molar-refractivity contribution in [2.45, 2.75) is 32.1 Å². The first kappa shape index (κ1) is 8.21. The Morgan fingerprint density at radius 1 is 1.25 bits per heavy atom. The van der Waals surface area contributed by atoms with Crippen molar-refractivity contribution in [3.8, 4) is 0 Å². The summed E-state index contributed by atoms with van der Waals surface area (Å²) in [6.45, 7) is 0. The Labute approximate surface area is 78.7 Å². The van der Waals surface area contributed by atoms with Gasteiger partial charge in [-0.2, -0.15) is 0 Å². The second-order valence-electron chi connectivity index (χ2n) is 3.08. The average Bonchev–Trinajstić information content (AvgIpc) is 2.50. The number of allylic oxidation sites excluding steroid dienone is 1. The number of hydrogen-bond acceptors (Lipinski definition) is 2. The van der Waals surface area contributed by atoms with Gasteiger partial charge in [-0.1, -0.05) is 0 Å². The first-order chi connectivity index (χ1) is 5.97. The molecule has 3 heteroatoms. The van der Waals surface area contributed by atoms with E-state index in [-0.39, 0.29) is 0 Å². The molecule has 0 fully saturated rings. The Kier molecular flexibility index (Phi) is 2.75. The van der Waals surface area contributed by atoms with Crippen LogP contribution in [-0.4, -0.2) is 23.9 Å². The van der Waals surface area contributed by atoms with Gasteiger partial charge in [-0.25, -0.2) is 0 Å². The van der Waals surface area contributed by atoms with Gasteiger partial charge in [-0.15, -0.1) is 0 Å². The van der Waals surface area contributed by atoms with E-state index in [1.807, 2.05) is 0 Å². The number of aryl methyl sites for hydroxylation is 1. The summed E-state index contributed by atoms with van der Waals surface area (Å²) in [5, 5.41) is 4.15. The Morgan fingerprint density at radius 2 is 2.25 bits per heavy atom. The summed E-state index contributed by atoms with van der Waals surface area (Å²) in [7, 11) is 0. The van der Waals surface area contributed by atoms with Crippen LogP contribution in [0.4, 0.5) is 0 Å². The third-order valence-corrected chi connectivity index (χ3v) is 3.81. The van der Waals surface area contributed by atoms with E-state index in [9.17, 15) is 0 Å². The van der Waals surface area contributed by atoms with Gasteiger partial charge in [-0.3, -0.25) is 0 Å². The van der Waals surface area contributed by atoms with Crippen molar-refractivity contribution in [1.82, 2.24) is 9.19 Å². The van der Waals surface area contributed by atoms with Crippen LogP contribution in [0.1, 0.15) is 35.8 Å². The van der Waals surface area contributed by atoms with E-state index in [0.29, 0.717) is 14.7 Å². The molecule has 0 aliphatic heterocycles. The maximum atomic E-state index is 4.15. The standard InChI is InChI=1S/C9H12N2Se/c1-2-4-6-8-9(7-5-3-1)12-11-10-8/h4,6H,1-3,5,7H2/b6-4-. The number of rotatable bonds is 0. The third-order valence-electron chi connectivity index (χ3n) is 2.14. The molecule has 1 aromatic rings. The van der Waals surface area contributed by atoms with E-state index in [2.05, 4.69) is 21.3 Å². The zero-order chi connectivity index (χ0) is 8.23. The van der Waals surface area contributed by atoms with E-state index in [1.54, 1.807) is 0 Å². The molecule has 0 N–H and O–H groups in total. The molecular weight excluding hydrogens is 215 g/mol. The van der Waals surface area contributed by atoms with Crippen LogP contribution in [0.5, 0.6) is 0 Å². The van der Waals surface area contributed by atoms with Crippen LogP contribution >= 0.6 is 0 Å². The number of nitrogens with zero attached hydrogens (tertiary/aromatic N) is 2. The van der Waals surface area contributed by atoms with Crippen LogP contribution in [-0.2, 0) is 6.42 Å². The van der Waals surface area contributed by atoms with E-state index < -0.39 is 0 Å². The fourth-order valence-corrected chi connectivity index (χ4v) is 2.83. The zero-order valence-electron chi connectivity index (χ0n) is 6.99. The van der Waals surface area contributed by atoms with Gasteiger partial charge < -0.3 is 0 Å². The third kappa shape index (κ3) is 1.85. The summed E-state index contributed by atoms with van der Waals surface area (Å²) in [5.41, 5.74) is 1.16. The van der Waals surface area contributed by atoms with Crippen LogP contribution in [0.3, 0.4) is 0 Å². The van der Waals surface area contributed by atoms with E-state index in [1.165, 1.54) is 36.5 Å². The monoisotopic (exact) mass is 228 g/mol. The normalized spacial score (nSPS) is 20.3. The quantitative estimate of drug-likeness (QED) is 0.630. The summed E-state index contributed by atoms with van der Waals surface area (Å²) in [6, 6.07) is 0. The second kappa shape index (κ2) is 4.01. The topological polar surface area (TPSA) is 25.8 Å². The SMILES string of the molecule is C1=C\c2nn[se]c2CCCCC/1. The molecule has 0 saturated heterocycles. The molecule has 2 nitrogen and oxygen atoms in total. The Morgan fingerprint density at radius 3 is 3.25 bits per heavy atom. The van der Waals surface area contributed by atoms with Gasteiger partial charge in [0.2, 0.25) is 0 Å². The molecule has 2 rings (SSSR count). The van der Waals surface area contributed by atoms with Gasteiger partial charge in [0.25, 0.3) is 0 Å². The van der Waals surface area contributed by atoms with Gasteiger partial charge in [0.1, 0.15) is 0 Å². The number of fused-ring (bicyclic) bond motifs is 1. The van der Waals surface area contributed by atoms with Crippen molar-refractivity contribution in [3.63, 3.8) is 0 Å². The average molecular weight is 227 g/mol. The van der Waals surface area contributed by atoms with Gasteiger partial charge in [-0.05, 0) is 0 Å². The molecule has 12 heavy (non-hydrogen) atoms. The van der Waals surface area contributed by atoms with Crippen LogP contribution < -0.4 is 0 Å². The van der Waals surface area contributed by atoms with Crippen molar-refractivity contribution < 1.29 is 0 Å². The van der Waals surface area contributed by atoms with Gasteiger partial charge in [0.05, 0.1) is 0 Å². The van der Waals surface area contributed by atoms with Gasteiger partial charge in [0, 0.05) is 0 Å². The maximum absolute atomic E-state index is 4.15. The summed E-state index contributed by atoms with van der Waals surface area (Å²) in [5.74, 6) is 0. The molecule has 0 bridgehead atoms. The molecule has 1 heterocycles. The summed E-state index contributed by atoms with van der Waals surface area (Å²) < 4.78 is 5.60. The summed E-state index contributed by atoms with van der Waals surface area (Å²) in [4.78, 5) is 0. The Balaban J connectivity index is 2.22. The molecule has 0 amide bonds. The van der Waals surface area contributed by atoms with Crippen LogP contribution in [0, 0.1) is 0 Å². The molecule has 0 spiro atoms. The first-order valence-electron chi connectivity index (χ1n) is 4.44. The molecule has 0 aromatic carbocycles. The van der Waals surface area contributed by atoms with E-state index in [4.69, 9.17) is 0 Å². The predicted octanol–water partition coefficient (Wildman–Crippen LogP) is 1.66. The van der Waals surface area contributed by atoms with Gasteiger partial charge in [0.15, 0.2) is 0 Å². The zero-order valence-corrected chi connectivity index (χ0v) is 8.71. The molecule has 1 aromatic heterocycles. The van der Waals surface area contributed by atoms with E-state index in [0.717, 1.165) is 5.69 Å². The molecule has 64 valence electrons. The predicted molar refractivity (Wildman–Crippen MR) is 50.2 cm³/mol. The van der Waals surface area contributed by atoms with Crippen LogP contribution in [0.15, 0.2) is 6.08 Å².